The molecule has 0 bridgehead atoms. The van der Waals surface area contributed by atoms with Crippen LogP contribution in [0.15, 0.2) is 29.1 Å². The number of hydrogen-bond acceptors (Lipinski definition) is 3. The number of aliphatic hydroxyl groups excluding tert-OH is 1. The van der Waals surface area contributed by atoms with E-state index in [2.05, 4.69) is 5.10 Å². The van der Waals surface area contributed by atoms with Crippen LogP contribution in [-0.4, -0.2) is 14.9 Å². The topological polar surface area (TPSA) is 55.1 Å². The van der Waals surface area contributed by atoms with Crippen LogP contribution in [0.5, 0.6) is 0 Å². The van der Waals surface area contributed by atoms with E-state index in [0.717, 1.165) is 0 Å². The maximum atomic E-state index is 11.5. The third-order valence-corrected chi connectivity index (χ3v) is 3.00. The van der Waals surface area contributed by atoms with Crippen LogP contribution in [-0.2, 0) is 6.61 Å². The van der Waals surface area contributed by atoms with Crippen molar-refractivity contribution in [3.05, 3.63) is 55.9 Å². The van der Waals surface area contributed by atoms with Gasteiger partial charge in [-0.2, -0.15) is 5.10 Å². The van der Waals surface area contributed by atoms with Crippen LogP contribution >= 0.6 is 23.2 Å². The summed E-state index contributed by atoms with van der Waals surface area (Å²) in [5.74, 6) is 0. The molecule has 0 unspecified atom stereocenters. The highest BCUT2D eigenvalue weighted by molar-refractivity contribution is 6.35. The molecule has 94 valence electrons. The predicted molar refractivity (Wildman–Crippen MR) is 70.5 cm³/mol. The largest absolute Gasteiger partial charge is 0.390 e. The predicted octanol–water partition coefficient (Wildman–Crippen LogP) is 2.34. The lowest BCUT2D eigenvalue weighted by atomic mass is 10.3. The summed E-state index contributed by atoms with van der Waals surface area (Å²) in [6, 6.07) is 6.39. The standard InChI is InChI=1S/C12H10Cl2N2O2/c1-7-4-12(18)10(6-17)15-16(7)11-3-2-8(13)5-9(11)14/h2-5,17H,6H2,1H3. The second-order valence-corrected chi connectivity index (χ2v) is 4.61. The van der Waals surface area contributed by atoms with Crippen molar-refractivity contribution in [2.24, 2.45) is 0 Å². The molecule has 0 spiro atoms. The highest BCUT2D eigenvalue weighted by Crippen LogP contribution is 2.24. The fraction of sp³-hybridized carbons (Fsp3) is 0.167. The first-order valence-electron chi connectivity index (χ1n) is 5.19. The summed E-state index contributed by atoms with van der Waals surface area (Å²) < 4.78 is 1.51. The number of rotatable bonds is 2. The van der Waals surface area contributed by atoms with Crippen molar-refractivity contribution in [3.63, 3.8) is 0 Å². The van der Waals surface area contributed by atoms with Crippen molar-refractivity contribution >= 4 is 23.2 Å². The van der Waals surface area contributed by atoms with Crippen molar-refractivity contribution in [1.82, 2.24) is 9.78 Å². The summed E-state index contributed by atoms with van der Waals surface area (Å²) >= 11 is 11.9. The van der Waals surface area contributed by atoms with Crippen molar-refractivity contribution in [2.75, 3.05) is 0 Å². The van der Waals surface area contributed by atoms with Gasteiger partial charge in [-0.05, 0) is 25.1 Å². The molecule has 0 aliphatic rings. The summed E-state index contributed by atoms with van der Waals surface area (Å²) in [6.45, 7) is 1.32. The Bertz CT molecular complexity index is 653. The lowest BCUT2D eigenvalue weighted by Crippen LogP contribution is -2.18. The Morgan fingerprint density at radius 3 is 2.67 bits per heavy atom. The summed E-state index contributed by atoms with van der Waals surface area (Å²) in [5.41, 5.74) is 1.01. The fourth-order valence-electron chi connectivity index (χ4n) is 1.59. The van der Waals surface area contributed by atoms with Gasteiger partial charge in [0.05, 0.1) is 17.3 Å². The van der Waals surface area contributed by atoms with E-state index in [1.54, 1.807) is 25.1 Å². The maximum absolute atomic E-state index is 11.5. The van der Waals surface area contributed by atoms with Gasteiger partial charge in [-0.15, -0.1) is 0 Å². The van der Waals surface area contributed by atoms with Gasteiger partial charge in [-0.25, -0.2) is 4.68 Å². The number of halogens is 2. The smallest absolute Gasteiger partial charge is 0.206 e. The number of benzene rings is 1. The average Bonchev–Trinajstić information content (AvgIpc) is 2.30. The highest BCUT2D eigenvalue weighted by Gasteiger charge is 2.09. The van der Waals surface area contributed by atoms with Crippen LogP contribution in [0, 0.1) is 6.92 Å². The van der Waals surface area contributed by atoms with Crippen LogP contribution in [0.4, 0.5) is 0 Å². The average molecular weight is 285 g/mol. The minimum atomic E-state index is -0.412. The number of aliphatic hydroxyl groups is 1. The summed E-state index contributed by atoms with van der Waals surface area (Å²) in [7, 11) is 0. The van der Waals surface area contributed by atoms with Crippen LogP contribution in [0.25, 0.3) is 5.69 Å². The molecular weight excluding hydrogens is 275 g/mol. The van der Waals surface area contributed by atoms with Crippen LogP contribution < -0.4 is 5.43 Å². The molecular formula is C12H10Cl2N2O2. The Morgan fingerprint density at radius 2 is 2.06 bits per heavy atom. The zero-order chi connectivity index (χ0) is 13.3. The second kappa shape index (κ2) is 5.10. The van der Waals surface area contributed by atoms with Gasteiger partial charge in [-0.3, -0.25) is 4.79 Å². The van der Waals surface area contributed by atoms with Gasteiger partial charge in [0.15, 0.2) is 0 Å². The normalized spacial score (nSPS) is 10.7. The molecule has 6 heteroatoms. The monoisotopic (exact) mass is 284 g/mol. The van der Waals surface area contributed by atoms with Crippen molar-refractivity contribution in [3.8, 4) is 5.69 Å². The molecule has 0 amide bonds. The summed E-state index contributed by atoms with van der Waals surface area (Å²) in [6.07, 6.45) is 0. The Balaban J connectivity index is 2.67. The van der Waals surface area contributed by atoms with Gasteiger partial charge < -0.3 is 5.11 Å². The Morgan fingerprint density at radius 1 is 1.33 bits per heavy atom. The van der Waals surface area contributed by atoms with Crippen LogP contribution in [0.2, 0.25) is 10.0 Å². The Hall–Kier alpha value is -1.36. The summed E-state index contributed by atoms with van der Waals surface area (Å²) in [5, 5.41) is 14.1. The van der Waals surface area contributed by atoms with E-state index >= 15 is 0 Å². The van der Waals surface area contributed by atoms with Gasteiger partial charge in [-0.1, -0.05) is 23.2 Å². The SMILES string of the molecule is Cc1cc(=O)c(CO)nn1-c1ccc(Cl)cc1Cl. The number of hydrogen-bond donors (Lipinski definition) is 1. The molecule has 0 saturated carbocycles. The van der Waals surface area contributed by atoms with Gasteiger partial charge in [0.2, 0.25) is 5.43 Å². The Kier molecular flexibility index (Phi) is 3.71. The Labute approximate surface area is 113 Å². The minimum Gasteiger partial charge on any atom is -0.390 e. The van der Waals surface area contributed by atoms with E-state index in [1.165, 1.54) is 10.7 Å². The first kappa shape index (κ1) is 13.1. The minimum absolute atomic E-state index is 0.0756. The second-order valence-electron chi connectivity index (χ2n) is 3.76. The molecule has 0 aliphatic heterocycles. The lowest BCUT2D eigenvalue weighted by molar-refractivity contribution is 0.273. The molecule has 0 saturated heterocycles. The molecule has 0 fully saturated rings. The number of nitrogens with zero attached hydrogens (tertiary/aromatic N) is 2. The van der Waals surface area contributed by atoms with Crippen molar-refractivity contribution in [2.45, 2.75) is 13.5 Å². The molecule has 1 N–H and O–H groups in total. The van der Waals surface area contributed by atoms with Gasteiger partial charge in [0.1, 0.15) is 5.69 Å². The molecule has 2 aromatic rings. The number of aryl methyl sites for hydroxylation is 1. The molecule has 0 aliphatic carbocycles. The van der Waals surface area contributed by atoms with Crippen molar-refractivity contribution < 1.29 is 5.11 Å². The van der Waals surface area contributed by atoms with E-state index in [-0.39, 0.29) is 11.1 Å². The van der Waals surface area contributed by atoms with E-state index in [0.29, 0.717) is 21.4 Å². The quantitative estimate of drug-likeness (QED) is 0.921. The van der Waals surface area contributed by atoms with E-state index in [1.807, 2.05) is 0 Å². The molecule has 4 nitrogen and oxygen atoms in total. The lowest BCUT2D eigenvalue weighted by Gasteiger charge is -2.12. The first-order valence-corrected chi connectivity index (χ1v) is 5.94. The fourth-order valence-corrected chi connectivity index (χ4v) is 2.08. The maximum Gasteiger partial charge on any atom is 0.206 e. The zero-order valence-electron chi connectivity index (χ0n) is 9.52. The third-order valence-electron chi connectivity index (χ3n) is 2.47. The molecule has 1 aromatic carbocycles. The zero-order valence-corrected chi connectivity index (χ0v) is 11.0. The first-order chi connectivity index (χ1) is 8.52. The van der Waals surface area contributed by atoms with E-state index in [9.17, 15) is 4.79 Å². The van der Waals surface area contributed by atoms with Gasteiger partial charge in [0.25, 0.3) is 0 Å². The van der Waals surface area contributed by atoms with E-state index < -0.39 is 6.61 Å². The molecule has 0 atom stereocenters. The molecule has 2 rings (SSSR count). The molecule has 1 heterocycles. The summed E-state index contributed by atoms with van der Waals surface area (Å²) in [4.78, 5) is 11.5. The van der Waals surface area contributed by atoms with Crippen LogP contribution in [0.3, 0.4) is 0 Å². The van der Waals surface area contributed by atoms with Gasteiger partial charge >= 0.3 is 0 Å². The number of aromatic nitrogens is 2. The van der Waals surface area contributed by atoms with E-state index in [4.69, 9.17) is 28.3 Å². The van der Waals surface area contributed by atoms with Gasteiger partial charge in [0, 0.05) is 16.8 Å². The molecule has 1 aromatic heterocycles. The van der Waals surface area contributed by atoms with Crippen LogP contribution in [0.1, 0.15) is 11.4 Å². The van der Waals surface area contributed by atoms with Crippen molar-refractivity contribution in [1.29, 1.82) is 0 Å². The third kappa shape index (κ3) is 2.41. The molecule has 18 heavy (non-hydrogen) atoms. The highest BCUT2D eigenvalue weighted by atomic mass is 35.5. The molecule has 0 radical (unpaired) electrons.